The highest BCUT2D eigenvalue weighted by molar-refractivity contribution is 5.37. The number of aromatic hydroxyl groups is 1. The minimum Gasteiger partial charge on any atom is -0.508 e. The molecule has 0 heterocycles. The van der Waals surface area contributed by atoms with E-state index in [9.17, 15) is 5.11 Å². The first kappa shape index (κ1) is 10.5. The van der Waals surface area contributed by atoms with Gasteiger partial charge < -0.3 is 10.4 Å². The van der Waals surface area contributed by atoms with Crippen LogP contribution in [0.4, 0.5) is 0 Å². The van der Waals surface area contributed by atoms with Crippen molar-refractivity contribution >= 4 is 0 Å². The van der Waals surface area contributed by atoms with E-state index in [2.05, 4.69) is 25.2 Å². The van der Waals surface area contributed by atoms with E-state index in [1.807, 2.05) is 6.07 Å². The van der Waals surface area contributed by atoms with E-state index in [0.717, 1.165) is 12.8 Å². The number of aryl methyl sites for hydroxylation is 1. The Kier molecular flexibility index (Phi) is 2.96. The van der Waals surface area contributed by atoms with E-state index in [1.165, 1.54) is 17.5 Å². The van der Waals surface area contributed by atoms with Gasteiger partial charge in [-0.15, -0.1) is 0 Å². The van der Waals surface area contributed by atoms with Crippen molar-refractivity contribution in [3.8, 4) is 5.75 Å². The van der Waals surface area contributed by atoms with Crippen LogP contribution in [0.5, 0.6) is 5.75 Å². The van der Waals surface area contributed by atoms with Gasteiger partial charge in [-0.1, -0.05) is 19.9 Å². The van der Waals surface area contributed by atoms with Gasteiger partial charge in [0.2, 0.25) is 0 Å². The van der Waals surface area contributed by atoms with E-state index in [4.69, 9.17) is 0 Å². The second kappa shape index (κ2) is 4.23. The van der Waals surface area contributed by atoms with Crippen LogP contribution in [0.25, 0.3) is 0 Å². The Hall–Kier alpha value is -1.02. The van der Waals surface area contributed by atoms with Crippen molar-refractivity contribution < 1.29 is 5.11 Å². The lowest BCUT2D eigenvalue weighted by atomic mass is 9.88. The van der Waals surface area contributed by atoms with Gasteiger partial charge in [0.15, 0.2) is 0 Å². The molecule has 1 aromatic rings. The number of rotatable bonds is 2. The molecule has 1 unspecified atom stereocenters. The fraction of sp³-hybridized carbons (Fsp3) is 0.538. The van der Waals surface area contributed by atoms with Crippen molar-refractivity contribution in [3.63, 3.8) is 0 Å². The first-order valence-corrected chi connectivity index (χ1v) is 5.72. The molecule has 0 spiro atoms. The van der Waals surface area contributed by atoms with Crippen molar-refractivity contribution in [1.82, 2.24) is 5.32 Å². The van der Waals surface area contributed by atoms with Crippen LogP contribution >= 0.6 is 0 Å². The average Bonchev–Trinajstić information content (AvgIpc) is 2.16. The summed E-state index contributed by atoms with van der Waals surface area (Å²) in [5.74, 6) is 0.388. The largest absolute Gasteiger partial charge is 0.508 e. The van der Waals surface area contributed by atoms with E-state index in [1.54, 1.807) is 6.07 Å². The third-order valence-corrected chi connectivity index (χ3v) is 2.99. The maximum atomic E-state index is 9.44. The average molecular weight is 205 g/mol. The molecule has 1 atom stereocenters. The topological polar surface area (TPSA) is 32.3 Å². The maximum absolute atomic E-state index is 9.44. The molecule has 2 heteroatoms. The molecule has 15 heavy (non-hydrogen) atoms. The van der Waals surface area contributed by atoms with Crippen molar-refractivity contribution in [3.05, 3.63) is 29.3 Å². The van der Waals surface area contributed by atoms with Crippen molar-refractivity contribution in [1.29, 1.82) is 0 Å². The minimum absolute atomic E-state index is 0.388. The molecule has 1 aromatic carbocycles. The molecule has 82 valence electrons. The Bertz CT molecular complexity index is 346. The third kappa shape index (κ3) is 2.51. The van der Waals surface area contributed by atoms with Crippen LogP contribution in [0.3, 0.4) is 0 Å². The molecule has 0 saturated heterocycles. The zero-order valence-corrected chi connectivity index (χ0v) is 9.46. The number of hydrogen-bond donors (Lipinski definition) is 2. The van der Waals surface area contributed by atoms with Gasteiger partial charge in [0.1, 0.15) is 5.75 Å². The fourth-order valence-corrected chi connectivity index (χ4v) is 2.36. The number of benzene rings is 1. The molecular formula is C13H19NO. The SMILES string of the molecule is CC(C)NC1CCc2ccc(O)cc2C1. The molecule has 0 aliphatic heterocycles. The quantitative estimate of drug-likeness (QED) is 0.776. The minimum atomic E-state index is 0.388. The van der Waals surface area contributed by atoms with Crippen LogP contribution in [0, 0.1) is 0 Å². The van der Waals surface area contributed by atoms with Crippen LogP contribution in [-0.2, 0) is 12.8 Å². The molecule has 0 fully saturated rings. The van der Waals surface area contributed by atoms with Crippen LogP contribution in [0.1, 0.15) is 31.4 Å². The van der Waals surface area contributed by atoms with Gasteiger partial charge in [-0.05, 0) is 42.5 Å². The summed E-state index contributed by atoms with van der Waals surface area (Å²) in [4.78, 5) is 0. The highest BCUT2D eigenvalue weighted by Gasteiger charge is 2.18. The lowest BCUT2D eigenvalue weighted by Crippen LogP contribution is -2.38. The van der Waals surface area contributed by atoms with Crippen LogP contribution < -0.4 is 5.32 Å². The molecule has 1 aliphatic carbocycles. The van der Waals surface area contributed by atoms with Gasteiger partial charge in [-0.2, -0.15) is 0 Å². The molecule has 2 nitrogen and oxygen atoms in total. The normalized spacial score (nSPS) is 20.3. The van der Waals surface area contributed by atoms with E-state index < -0.39 is 0 Å². The lowest BCUT2D eigenvalue weighted by Gasteiger charge is -2.27. The van der Waals surface area contributed by atoms with Gasteiger partial charge in [-0.25, -0.2) is 0 Å². The molecular weight excluding hydrogens is 186 g/mol. The number of nitrogens with one attached hydrogen (secondary N) is 1. The van der Waals surface area contributed by atoms with Gasteiger partial charge in [0.05, 0.1) is 0 Å². The van der Waals surface area contributed by atoms with Gasteiger partial charge >= 0.3 is 0 Å². The van der Waals surface area contributed by atoms with Crippen molar-refractivity contribution in [2.75, 3.05) is 0 Å². The maximum Gasteiger partial charge on any atom is 0.115 e. The summed E-state index contributed by atoms with van der Waals surface area (Å²) in [6, 6.07) is 6.85. The molecule has 2 rings (SSSR count). The summed E-state index contributed by atoms with van der Waals surface area (Å²) in [5, 5.41) is 13.0. The molecule has 0 radical (unpaired) electrons. The third-order valence-electron chi connectivity index (χ3n) is 2.99. The smallest absolute Gasteiger partial charge is 0.115 e. The Labute approximate surface area is 91.3 Å². The number of phenols is 1. The first-order chi connectivity index (χ1) is 7.15. The number of phenolic OH excluding ortho intramolecular Hbond substituents is 1. The summed E-state index contributed by atoms with van der Waals surface area (Å²) in [6.07, 6.45) is 3.37. The molecule has 0 amide bonds. The van der Waals surface area contributed by atoms with Crippen LogP contribution in [0.15, 0.2) is 18.2 Å². The zero-order valence-electron chi connectivity index (χ0n) is 9.46. The summed E-state index contributed by atoms with van der Waals surface area (Å²) in [6.45, 7) is 4.36. The fourth-order valence-electron chi connectivity index (χ4n) is 2.36. The Morgan fingerprint density at radius 3 is 2.87 bits per heavy atom. The molecule has 0 bridgehead atoms. The molecule has 2 N–H and O–H groups in total. The second-order valence-electron chi connectivity index (χ2n) is 4.71. The predicted octanol–water partition coefficient (Wildman–Crippen LogP) is 2.25. The predicted molar refractivity (Wildman–Crippen MR) is 62.2 cm³/mol. The van der Waals surface area contributed by atoms with E-state index >= 15 is 0 Å². The summed E-state index contributed by atoms with van der Waals surface area (Å²) in [5.41, 5.74) is 2.70. The monoisotopic (exact) mass is 205 g/mol. The Morgan fingerprint density at radius 1 is 1.33 bits per heavy atom. The zero-order chi connectivity index (χ0) is 10.8. The van der Waals surface area contributed by atoms with Crippen LogP contribution in [-0.4, -0.2) is 17.2 Å². The van der Waals surface area contributed by atoms with Crippen molar-refractivity contribution in [2.45, 2.75) is 45.2 Å². The highest BCUT2D eigenvalue weighted by atomic mass is 16.3. The van der Waals surface area contributed by atoms with E-state index in [0.29, 0.717) is 17.8 Å². The Balaban J connectivity index is 2.11. The summed E-state index contributed by atoms with van der Waals surface area (Å²) < 4.78 is 0. The van der Waals surface area contributed by atoms with Gasteiger partial charge in [0, 0.05) is 12.1 Å². The standard InChI is InChI=1S/C13H19NO/c1-9(2)14-12-5-3-10-4-6-13(15)8-11(10)7-12/h4,6,8-9,12,14-15H,3,5,7H2,1-2H3. The van der Waals surface area contributed by atoms with Gasteiger partial charge in [0.25, 0.3) is 0 Å². The number of hydrogen-bond acceptors (Lipinski definition) is 2. The molecule has 0 saturated carbocycles. The van der Waals surface area contributed by atoms with Crippen molar-refractivity contribution in [2.24, 2.45) is 0 Å². The second-order valence-corrected chi connectivity index (χ2v) is 4.71. The molecule has 0 aromatic heterocycles. The highest BCUT2D eigenvalue weighted by Crippen LogP contribution is 2.25. The number of fused-ring (bicyclic) bond motifs is 1. The summed E-state index contributed by atoms with van der Waals surface area (Å²) >= 11 is 0. The van der Waals surface area contributed by atoms with Crippen LogP contribution in [0.2, 0.25) is 0 Å². The molecule has 1 aliphatic rings. The lowest BCUT2D eigenvalue weighted by molar-refractivity contribution is 0.419. The Morgan fingerprint density at radius 2 is 2.13 bits per heavy atom. The first-order valence-electron chi connectivity index (χ1n) is 5.72. The van der Waals surface area contributed by atoms with E-state index in [-0.39, 0.29) is 0 Å². The summed E-state index contributed by atoms with van der Waals surface area (Å²) in [7, 11) is 0. The van der Waals surface area contributed by atoms with Gasteiger partial charge in [-0.3, -0.25) is 0 Å².